The van der Waals surface area contributed by atoms with Gasteiger partial charge in [-0.3, -0.25) is 0 Å². The summed E-state index contributed by atoms with van der Waals surface area (Å²) in [6.07, 6.45) is -5.65. The number of aliphatic carboxylic acids is 1. The van der Waals surface area contributed by atoms with Gasteiger partial charge in [0.15, 0.2) is 6.10 Å². The predicted octanol–water partition coefficient (Wildman–Crippen LogP) is 1.80. The average molecular weight is 226 g/mol. The van der Waals surface area contributed by atoms with E-state index in [9.17, 15) is 18.0 Å². The Hall–Kier alpha value is -0.780. The van der Waals surface area contributed by atoms with Crippen LogP contribution in [0, 0.1) is 11.8 Å². The standard InChI is InChI=1S/C9H13F3O3/c10-9(11,12)6-3-1-5(2-4-6)7(13)8(14)15/h5-7,13H,1-4H2,(H,14,15)/t5?,6?,7-/m1/s1. The molecule has 0 aliphatic heterocycles. The van der Waals surface area contributed by atoms with Gasteiger partial charge in [0.05, 0.1) is 5.92 Å². The third-order valence-corrected chi connectivity index (χ3v) is 2.93. The van der Waals surface area contributed by atoms with Gasteiger partial charge in [-0.1, -0.05) is 0 Å². The molecule has 0 amide bonds. The highest BCUT2D eigenvalue weighted by molar-refractivity contribution is 5.72. The van der Waals surface area contributed by atoms with Crippen molar-refractivity contribution in [3.05, 3.63) is 0 Å². The average Bonchev–Trinajstić information content (AvgIpc) is 2.15. The monoisotopic (exact) mass is 226 g/mol. The minimum atomic E-state index is -4.20. The third-order valence-electron chi connectivity index (χ3n) is 2.93. The Morgan fingerprint density at radius 1 is 1.20 bits per heavy atom. The van der Waals surface area contributed by atoms with Crippen LogP contribution in [-0.4, -0.2) is 28.5 Å². The van der Waals surface area contributed by atoms with Crippen LogP contribution in [0.2, 0.25) is 0 Å². The maximum absolute atomic E-state index is 12.2. The van der Waals surface area contributed by atoms with Crippen LogP contribution < -0.4 is 0 Å². The second-order valence-corrected chi connectivity index (χ2v) is 3.94. The number of carbonyl (C=O) groups is 1. The van der Waals surface area contributed by atoms with Crippen LogP contribution in [0.25, 0.3) is 0 Å². The molecule has 1 aliphatic carbocycles. The Bertz CT molecular complexity index is 231. The largest absolute Gasteiger partial charge is 0.479 e. The normalized spacial score (nSPS) is 29.9. The summed E-state index contributed by atoms with van der Waals surface area (Å²) in [5.74, 6) is -3.23. The smallest absolute Gasteiger partial charge is 0.391 e. The molecule has 0 aromatic heterocycles. The maximum Gasteiger partial charge on any atom is 0.391 e. The molecule has 1 aliphatic rings. The second-order valence-electron chi connectivity index (χ2n) is 3.94. The van der Waals surface area contributed by atoms with Crippen molar-refractivity contribution in [2.45, 2.75) is 38.0 Å². The fraction of sp³-hybridized carbons (Fsp3) is 0.889. The molecular weight excluding hydrogens is 213 g/mol. The minimum Gasteiger partial charge on any atom is -0.479 e. The van der Waals surface area contributed by atoms with Crippen LogP contribution >= 0.6 is 0 Å². The zero-order chi connectivity index (χ0) is 11.6. The molecule has 1 rings (SSSR count). The SMILES string of the molecule is O=C(O)[C@H](O)C1CCC(C(F)(F)F)CC1. The molecule has 0 radical (unpaired) electrons. The second kappa shape index (κ2) is 4.38. The quantitative estimate of drug-likeness (QED) is 0.754. The number of rotatable bonds is 2. The number of alkyl halides is 3. The lowest BCUT2D eigenvalue weighted by atomic mass is 9.79. The van der Waals surface area contributed by atoms with Crippen LogP contribution in [0.4, 0.5) is 13.2 Å². The van der Waals surface area contributed by atoms with Gasteiger partial charge in [-0.15, -0.1) is 0 Å². The highest BCUT2D eigenvalue weighted by Crippen LogP contribution is 2.40. The van der Waals surface area contributed by atoms with Crippen molar-refractivity contribution >= 4 is 5.97 Å². The van der Waals surface area contributed by atoms with E-state index in [2.05, 4.69) is 0 Å². The number of hydrogen-bond donors (Lipinski definition) is 2. The van der Waals surface area contributed by atoms with E-state index < -0.39 is 30.1 Å². The maximum atomic E-state index is 12.2. The molecule has 3 nitrogen and oxygen atoms in total. The molecule has 15 heavy (non-hydrogen) atoms. The molecule has 6 heteroatoms. The van der Waals surface area contributed by atoms with Crippen LogP contribution in [0.3, 0.4) is 0 Å². The van der Waals surface area contributed by atoms with Gasteiger partial charge in [0.2, 0.25) is 0 Å². The van der Waals surface area contributed by atoms with E-state index in [-0.39, 0.29) is 25.7 Å². The Labute approximate surface area is 84.9 Å². The zero-order valence-corrected chi connectivity index (χ0v) is 8.00. The van der Waals surface area contributed by atoms with Crippen molar-refractivity contribution in [3.63, 3.8) is 0 Å². The van der Waals surface area contributed by atoms with Crippen molar-refractivity contribution in [1.29, 1.82) is 0 Å². The first-order valence-electron chi connectivity index (χ1n) is 4.80. The lowest BCUT2D eigenvalue weighted by Gasteiger charge is -2.30. The first-order valence-corrected chi connectivity index (χ1v) is 4.80. The van der Waals surface area contributed by atoms with Crippen molar-refractivity contribution in [3.8, 4) is 0 Å². The molecule has 1 atom stereocenters. The number of hydrogen-bond acceptors (Lipinski definition) is 2. The van der Waals surface area contributed by atoms with E-state index in [1.807, 2.05) is 0 Å². The summed E-state index contributed by atoms with van der Waals surface area (Å²) in [7, 11) is 0. The van der Waals surface area contributed by atoms with Gasteiger partial charge >= 0.3 is 12.1 Å². The Kier molecular flexibility index (Phi) is 3.59. The lowest BCUT2D eigenvalue weighted by Crippen LogP contribution is -2.35. The van der Waals surface area contributed by atoms with E-state index in [0.717, 1.165) is 0 Å². The first-order chi connectivity index (χ1) is 6.82. The number of aliphatic hydroxyl groups is 1. The van der Waals surface area contributed by atoms with Crippen LogP contribution in [0.15, 0.2) is 0 Å². The summed E-state index contributed by atoms with van der Waals surface area (Å²) < 4.78 is 36.7. The molecule has 1 fully saturated rings. The summed E-state index contributed by atoms with van der Waals surface area (Å²) in [4.78, 5) is 10.4. The van der Waals surface area contributed by atoms with Crippen molar-refractivity contribution in [2.75, 3.05) is 0 Å². The predicted molar refractivity (Wildman–Crippen MR) is 45.1 cm³/mol. The molecule has 0 unspecified atom stereocenters. The van der Waals surface area contributed by atoms with Crippen LogP contribution in [-0.2, 0) is 4.79 Å². The van der Waals surface area contributed by atoms with E-state index in [1.165, 1.54) is 0 Å². The molecule has 1 saturated carbocycles. The van der Waals surface area contributed by atoms with Crippen molar-refractivity contribution in [2.24, 2.45) is 11.8 Å². The molecule has 0 saturated heterocycles. The van der Waals surface area contributed by atoms with E-state index in [1.54, 1.807) is 0 Å². The number of halogens is 3. The number of carboxylic acids is 1. The minimum absolute atomic E-state index is 0.0848. The lowest BCUT2D eigenvalue weighted by molar-refractivity contribution is -0.186. The Morgan fingerprint density at radius 2 is 1.67 bits per heavy atom. The van der Waals surface area contributed by atoms with Crippen LogP contribution in [0.1, 0.15) is 25.7 Å². The summed E-state index contributed by atoms with van der Waals surface area (Å²) in [6, 6.07) is 0. The summed E-state index contributed by atoms with van der Waals surface area (Å²) in [5, 5.41) is 17.6. The summed E-state index contributed by atoms with van der Waals surface area (Å²) >= 11 is 0. The van der Waals surface area contributed by atoms with Gasteiger partial charge in [-0.05, 0) is 31.6 Å². The summed E-state index contributed by atoms with van der Waals surface area (Å²) in [6.45, 7) is 0. The fourth-order valence-corrected chi connectivity index (χ4v) is 1.96. The van der Waals surface area contributed by atoms with Gasteiger partial charge in [-0.25, -0.2) is 4.79 Å². The third kappa shape index (κ3) is 3.09. The van der Waals surface area contributed by atoms with E-state index in [4.69, 9.17) is 10.2 Å². The molecule has 88 valence electrons. The van der Waals surface area contributed by atoms with Crippen LogP contribution in [0.5, 0.6) is 0 Å². The fourth-order valence-electron chi connectivity index (χ4n) is 1.96. The van der Waals surface area contributed by atoms with Gasteiger partial charge in [-0.2, -0.15) is 13.2 Å². The molecule has 2 N–H and O–H groups in total. The van der Waals surface area contributed by atoms with Crippen molar-refractivity contribution in [1.82, 2.24) is 0 Å². The highest BCUT2D eigenvalue weighted by atomic mass is 19.4. The zero-order valence-electron chi connectivity index (χ0n) is 8.00. The molecule has 0 bridgehead atoms. The molecule has 0 heterocycles. The number of carboxylic acid groups (broad SMARTS) is 1. The van der Waals surface area contributed by atoms with Gasteiger partial charge in [0.25, 0.3) is 0 Å². The van der Waals surface area contributed by atoms with Crippen molar-refractivity contribution < 1.29 is 28.2 Å². The highest BCUT2D eigenvalue weighted by Gasteiger charge is 2.43. The Morgan fingerprint density at radius 3 is 2.00 bits per heavy atom. The molecule has 0 aromatic carbocycles. The van der Waals surface area contributed by atoms with E-state index in [0.29, 0.717) is 0 Å². The van der Waals surface area contributed by atoms with Gasteiger partial charge in [0, 0.05) is 0 Å². The molecular formula is C9H13F3O3. The first kappa shape index (κ1) is 12.3. The van der Waals surface area contributed by atoms with Gasteiger partial charge in [0.1, 0.15) is 0 Å². The molecule has 0 spiro atoms. The topological polar surface area (TPSA) is 57.5 Å². The van der Waals surface area contributed by atoms with E-state index >= 15 is 0 Å². The Balaban J connectivity index is 2.46. The number of aliphatic hydroxyl groups excluding tert-OH is 1. The molecule has 0 aromatic rings. The summed E-state index contributed by atoms with van der Waals surface area (Å²) in [5.41, 5.74) is 0. The van der Waals surface area contributed by atoms with Gasteiger partial charge < -0.3 is 10.2 Å².